The van der Waals surface area contributed by atoms with Crippen molar-refractivity contribution in [1.29, 1.82) is 0 Å². The van der Waals surface area contributed by atoms with E-state index in [9.17, 15) is 4.79 Å². The van der Waals surface area contributed by atoms with Crippen LogP contribution in [0.1, 0.15) is 150 Å². The standard InChI is InChI=1S/C31H62BrO2P/c1-6-9-12-15-18-21-26-35(32,27-22-19-16-13-10-7-2,28-23-20-17-14-11-8-3)29-24-25-34-31(33)30(4)5/h4,6-29H2,1-3,5H3. The topological polar surface area (TPSA) is 26.3 Å². The molecule has 0 N–H and O–H groups in total. The first-order valence-electron chi connectivity index (χ1n) is 15.4. The minimum absolute atomic E-state index is 0.234. The molecule has 0 amide bonds. The van der Waals surface area contributed by atoms with Crippen molar-refractivity contribution in [2.75, 3.05) is 31.3 Å². The molecule has 0 aliphatic carbocycles. The van der Waals surface area contributed by atoms with E-state index in [-0.39, 0.29) is 5.97 Å². The molecule has 0 saturated heterocycles. The second kappa shape index (κ2) is 22.1. The van der Waals surface area contributed by atoms with Gasteiger partial charge in [0, 0.05) is 0 Å². The third-order valence-corrected chi connectivity index (χ3v) is 17.6. The van der Waals surface area contributed by atoms with E-state index in [1.807, 2.05) is 0 Å². The van der Waals surface area contributed by atoms with E-state index in [0.29, 0.717) is 12.2 Å². The van der Waals surface area contributed by atoms with Crippen LogP contribution in [-0.4, -0.2) is 37.2 Å². The Hall–Kier alpha value is 0.120. The van der Waals surface area contributed by atoms with E-state index in [1.165, 1.54) is 140 Å². The van der Waals surface area contributed by atoms with Crippen molar-refractivity contribution in [3.05, 3.63) is 12.2 Å². The number of halogens is 1. The molecule has 0 aromatic heterocycles. The van der Waals surface area contributed by atoms with Crippen LogP contribution in [0, 0.1) is 0 Å². The molecule has 0 aliphatic heterocycles. The Morgan fingerprint density at radius 1 is 0.600 bits per heavy atom. The molecule has 0 bridgehead atoms. The Morgan fingerprint density at radius 3 is 1.26 bits per heavy atom. The summed E-state index contributed by atoms with van der Waals surface area (Å²) in [5.74, 6) is -0.234. The SMILES string of the molecule is C=C(C)C(=O)OCCCP(Br)(CCCCCCCC)(CCCCCCCC)CCCCCCCC. The molecule has 210 valence electrons. The summed E-state index contributed by atoms with van der Waals surface area (Å²) in [6.45, 7) is 12.9. The van der Waals surface area contributed by atoms with Gasteiger partial charge in [-0.2, -0.15) is 0 Å². The molecule has 0 rings (SSSR count). The Bertz CT molecular complexity index is 491. The number of esters is 1. The van der Waals surface area contributed by atoms with Crippen LogP contribution < -0.4 is 0 Å². The van der Waals surface area contributed by atoms with Crippen LogP contribution in [-0.2, 0) is 9.53 Å². The molecule has 0 radical (unpaired) electrons. The number of hydrogen-bond acceptors (Lipinski definition) is 2. The van der Waals surface area contributed by atoms with Crippen molar-refractivity contribution in [2.45, 2.75) is 150 Å². The van der Waals surface area contributed by atoms with Gasteiger partial charge >= 0.3 is 229 Å². The molecule has 35 heavy (non-hydrogen) atoms. The van der Waals surface area contributed by atoms with Gasteiger partial charge in [0.1, 0.15) is 0 Å². The van der Waals surface area contributed by atoms with E-state index in [2.05, 4.69) is 42.8 Å². The average Bonchev–Trinajstić information content (AvgIpc) is 2.84. The molecular formula is C31H62BrO2P. The molecule has 0 aromatic carbocycles. The van der Waals surface area contributed by atoms with Crippen LogP contribution in [0.3, 0.4) is 0 Å². The summed E-state index contributed by atoms with van der Waals surface area (Å²) < 4.78 is 5.52. The molecule has 2 nitrogen and oxygen atoms in total. The van der Waals surface area contributed by atoms with Crippen molar-refractivity contribution < 1.29 is 9.53 Å². The normalized spacial score (nSPS) is 12.9. The zero-order chi connectivity index (χ0) is 26.3. The fourth-order valence-electron chi connectivity index (χ4n) is 5.28. The average molecular weight is 578 g/mol. The van der Waals surface area contributed by atoms with Gasteiger partial charge in [-0.25, -0.2) is 0 Å². The quantitative estimate of drug-likeness (QED) is 0.0442. The summed E-state index contributed by atoms with van der Waals surface area (Å²) in [4.78, 5) is 11.9. The summed E-state index contributed by atoms with van der Waals surface area (Å²) in [6.07, 6.45) is 31.0. The summed E-state index contributed by atoms with van der Waals surface area (Å²) in [7, 11) is 0. The molecule has 0 fully saturated rings. The summed E-state index contributed by atoms with van der Waals surface area (Å²) >= 11 is 4.61. The van der Waals surface area contributed by atoms with Crippen molar-refractivity contribution >= 4 is 26.8 Å². The molecule has 0 aromatic rings. The predicted molar refractivity (Wildman–Crippen MR) is 166 cm³/mol. The van der Waals surface area contributed by atoms with Gasteiger partial charge in [-0.05, 0) is 0 Å². The number of rotatable bonds is 26. The fraction of sp³-hybridized carbons (Fsp3) is 0.903. The molecular weight excluding hydrogens is 515 g/mol. The van der Waals surface area contributed by atoms with Gasteiger partial charge < -0.3 is 0 Å². The van der Waals surface area contributed by atoms with Crippen molar-refractivity contribution in [3.8, 4) is 0 Å². The van der Waals surface area contributed by atoms with Crippen molar-refractivity contribution in [2.24, 2.45) is 0 Å². The maximum atomic E-state index is 11.9. The molecule has 0 aliphatic rings. The van der Waals surface area contributed by atoms with Gasteiger partial charge in [-0.1, -0.05) is 0 Å². The van der Waals surface area contributed by atoms with Gasteiger partial charge in [0.15, 0.2) is 0 Å². The fourth-order valence-corrected chi connectivity index (χ4v) is 13.6. The van der Waals surface area contributed by atoms with Crippen LogP contribution in [0.5, 0.6) is 0 Å². The maximum absolute atomic E-state index is 11.9. The van der Waals surface area contributed by atoms with E-state index in [1.54, 1.807) is 6.92 Å². The third kappa shape index (κ3) is 18.9. The van der Waals surface area contributed by atoms with Crippen LogP contribution in [0.4, 0.5) is 0 Å². The van der Waals surface area contributed by atoms with Crippen LogP contribution >= 0.6 is 20.8 Å². The van der Waals surface area contributed by atoms with Gasteiger partial charge in [-0.3, -0.25) is 0 Å². The van der Waals surface area contributed by atoms with Gasteiger partial charge in [0.25, 0.3) is 0 Å². The zero-order valence-corrected chi connectivity index (χ0v) is 26.8. The van der Waals surface area contributed by atoms with Gasteiger partial charge in [0.05, 0.1) is 0 Å². The van der Waals surface area contributed by atoms with Crippen LogP contribution in [0.2, 0.25) is 0 Å². The predicted octanol–water partition coefficient (Wildman–Crippen LogP) is 11.4. The Kier molecular flexibility index (Phi) is 22.2. The van der Waals surface area contributed by atoms with Gasteiger partial charge in [0.2, 0.25) is 0 Å². The Balaban J connectivity index is 5.16. The Labute approximate surface area is 228 Å². The first-order valence-corrected chi connectivity index (χ1v) is 20.4. The van der Waals surface area contributed by atoms with Gasteiger partial charge in [-0.15, -0.1) is 0 Å². The molecule has 4 heteroatoms. The zero-order valence-electron chi connectivity index (χ0n) is 24.3. The second-order valence-corrected chi connectivity index (χ2v) is 22.7. The monoisotopic (exact) mass is 576 g/mol. The summed E-state index contributed by atoms with van der Waals surface area (Å²) in [5.41, 5.74) is 0.507. The summed E-state index contributed by atoms with van der Waals surface area (Å²) in [6, 6.07) is 0. The van der Waals surface area contributed by atoms with Crippen LogP contribution in [0.25, 0.3) is 0 Å². The number of ether oxygens (including phenoxy) is 1. The molecule has 0 saturated carbocycles. The van der Waals surface area contributed by atoms with Crippen LogP contribution in [0.15, 0.2) is 12.2 Å². The van der Waals surface area contributed by atoms with E-state index in [4.69, 9.17) is 4.74 Å². The first kappa shape index (κ1) is 35.1. The first-order chi connectivity index (χ1) is 16.8. The third-order valence-electron chi connectivity index (χ3n) is 7.65. The second-order valence-electron chi connectivity index (χ2n) is 11.3. The molecule has 0 unspecified atom stereocenters. The number of unbranched alkanes of at least 4 members (excludes halogenated alkanes) is 15. The number of carbonyl (C=O) groups is 1. The minimum atomic E-state index is -2.00. The number of carbonyl (C=O) groups excluding carboxylic acids is 1. The molecule has 0 atom stereocenters. The Morgan fingerprint density at radius 2 is 0.914 bits per heavy atom. The van der Waals surface area contributed by atoms with E-state index in [0.717, 1.165) is 6.42 Å². The molecule has 0 spiro atoms. The van der Waals surface area contributed by atoms with E-state index < -0.39 is 5.31 Å². The summed E-state index contributed by atoms with van der Waals surface area (Å²) in [5, 5.41) is -2.00. The van der Waals surface area contributed by atoms with E-state index >= 15 is 0 Å². The van der Waals surface area contributed by atoms with Crippen molar-refractivity contribution in [3.63, 3.8) is 0 Å². The van der Waals surface area contributed by atoms with Crippen molar-refractivity contribution in [1.82, 2.24) is 0 Å². The number of hydrogen-bond donors (Lipinski definition) is 0. The molecule has 0 heterocycles.